The van der Waals surface area contributed by atoms with E-state index >= 15 is 0 Å². The van der Waals surface area contributed by atoms with Crippen molar-refractivity contribution in [1.29, 1.82) is 5.26 Å². The summed E-state index contributed by atoms with van der Waals surface area (Å²) in [6, 6.07) is 17.3. The number of carbonyl (C=O) groups excluding carboxylic acids is 1. The number of anilines is 1. The van der Waals surface area contributed by atoms with Gasteiger partial charge in [0, 0.05) is 12.1 Å². The van der Waals surface area contributed by atoms with Crippen LogP contribution >= 0.6 is 15.9 Å². The van der Waals surface area contributed by atoms with Crippen LogP contribution in [0.1, 0.15) is 22.3 Å². The Morgan fingerprint density at radius 3 is 2.51 bits per heavy atom. The van der Waals surface area contributed by atoms with E-state index in [-0.39, 0.29) is 16.9 Å². The Morgan fingerprint density at radius 2 is 1.89 bits per heavy atom. The lowest BCUT2D eigenvalue weighted by atomic mass is 10.1. The van der Waals surface area contributed by atoms with Gasteiger partial charge in [-0.2, -0.15) is 5.26 Å². The van der Waals surface area contributed by atoms with Crippen LogP contribution in [-0.4, -0.2) is 17.9 Å². The molecule has 0 saturated heterocycles. The number of aryl methyl sites for hydroxylation is 2. The summed E-state index contributed by atoms with van der Waals surface area (Å²) in [5, 5.41) is 23.2. The first kappa shape index (κ1) is 25.5. The Labute approximate surface area is 211 Å². The van der Waals surface area contributed by atoms with Gasteiger partial charge in [-0.1, -0.05) is 35.9 Å². The minimum absolute atomic E-state index is 0.164. The molecule has 3 rings (SSSR count). The van der Waals surface area contributed by atoms with Gasteiger partial charge in [0.15, 0.2) is 11.5 Å². The number of methoxy groups -OCH3 is 1. The topological polar surface area (TPSA) is 114 Å². The van der Waals surface area contributed by atoms with Crippen molar-refractivity contribution in [1.82, 2.24) is 0 Å². The van der Waals surface area contributed by atoms with E-state index in [4.69, 9.17) is 9.47 Å². The van der Waals surface area contributed by atoms with Crippen molar-refractivity contribution in [3.63, 3.8) is 0 Å². The summed E-state index contributed by atoms with van der Waals surface area (Å²) in [7, 11) is 1.50. The van der Waals surface area contributed by atoms with E-state index < -0.39 is 10.8 Å². The molecule has 0 bridgehead atoms. The molecule has 0 aliphatic rings. The van der Waals surface area contributed by atoms with Gasteiger partial charge < -0.3 is 14.8 Å². The van der Waals surface area contributed by atoms with E-state index in [9.17, 15) is 20.2 Å². The molecular formula is C26H22BrN3O5. The molecule has 0 radical (unpaired) electrons. The lowest BCUT2D eigenvalue weighted by molar-refractivity contribution is -0.384. The van der Waals surface area contributed by atoms with Gasteiger partial charge in [0.05, 0.1) is 22.2 Å². The number of ether oxygens (including phenoxy) is 2. The van der Waals surface area contributed by atoms with Crippen molar-refractivity contribution >= 4 is 39.3 Å². The lowest BCUT2D eigenvalue weighted by Gasteiger charge is -2.14. The number of non-ortho nitro benzene ring substituents is 1. The zero-order chi connectivity index (χ0) is 25.5. The van der Waals surface area contributed by atoms with Gasteiger partial charge in [0.1, 0.15) is 18.2 Å². The fourth-order valence-electron chi connectivity index (χ4n) is 3.17. The Bertz CT molecular complexity index is 1340. The van der Waals surface area contributed by atoms with Crippen LogP contribution in [0, 0.1) is 35.3 Å². The number of nitrogens with one attached hydrogen (secondary N) is 1. The van der Waals surface area contributed by atoms with E-state index in [1.807, 2.05) is 37.3 Å². The summed E-state index contributed by atoms with van der Waals surface area (Å²) in [6.45, 7) is 4.04. The number of rotatable bonds is 8. The molecule has 0 heterocycles. The zero-order valence-corrected chi connectivity index (χ0v) is 20.9. The molecule has 0 atom stereocenters. The van der Waals surface area contributed by atoms with E-state index in [1.54, 1.807) is 19.1 Å². The molecular weight excluding hydrogens is 514 g/mol. The van der Waals surface area contributed by atoms with Crippen molar-refractivity contribution in [2.45, 2.75) is 20.5 Å². The maximum atomic E-state index is 12.7. The quantitative estimate of drug-likeness (QED) is 0.161. The Hall–Kier alpha value is -4.16. The first-order valence-electron chi connectivity index (χ1n) is 10.5. The smallest absolute Gasteiger partial charge is 0.271 e. The second-order valence-corrected chi connectivity index (χ2v) is 8.54. The van der Waals surface area contributed by atoms with E-state index in [0.717, 1.165) is 11.1 Å². The molecule has 0 aliphatic carbocycles. The predicted octanol–water partition coefficient (Wildman–Crippen LogP) is 6.11. The Balaban J connectivity index is 1.84. The standard InChI is InChI=1S/C26H22BrN3O5/c1-16-4-7-18(8-5-16)15-35-25-22(27)11-19(12-24(25)34-3)10-20(14-28)26(31)29-23-13-21(30(32)33)9-6-17(23)2/h4-13H,15H2,1-3H3,(H,29,31)/b20-10+. The highest BCUT2D eigenvalue weighted by Gasteiger charge is 2.16. The van der Waals surface area contributed by atoms with Crippen LogP contribution in [0.2, 0.25) is 0 Å². The van der Waals surface area contributed by atoms with Crippen LogP contribution in [0.15, 0.2) is 64.6 Å². The van der Waals surface area contributed by atoms with E-state index in [1.165, 1.54) is 31.4 Å². The van der Waals surface area contributed by atoms with Crippen LogP contribution in [0.3, 0.4) is 0 Å². The molecule has 9 heteroatoms. The Morgan fingerprint density at radius 1 is 1.17 bits per heavy atom. The average molecular weight is 536 g/mol. The fourth-order valence-corrected chi connectivity index (χ4v) is 3.74. The molecule has 0 fully saturated rings. The normalized spacial score (nSPS) is 10.9. The molecule has 1 N–H and O–H groups in total. The molecule has 0 saturated carbocycles. The molecule has 0 spiro atoms. The summed E-state index contributed by atoms with van der Waals surface area (Å²) >= 11 is 3.48. The highest BCUT2D eigenvalue weighted by molar-refractivity contribution is 9.10. The highest BCUT2D eigenvalue weighted by Crippen LogP contribution is 2.38. The molecule has 1 amide bonds. The zero-order valence-electron chi connectivity index (χ0n) is 19.3. The molecule has 0 unspecified atom stereocenters. The summed E-state index contributed by atoms with van der Waals surface area (Å²) in [6.07, 6.45) is 1.40. The van der Waals surface area contributed by atoms with Gasteiger partial charge in [-0.15, -0.1) is 0 Å². The van der Waals surface area contributed by atoms with Crippen LogP contribution in [0.25, 0.3) is 6.08 Å². The summed E-state index contributed by atoms with van der Waals surface area (Å²) in [5.41, 5.74) is 3.21. The van der Waals surface area contributed by atoms with Crippen LogP contribution < -0.4 is 14.8 Å². The van der Waals surface area contributed by atoms with Crippen LogP contribution in [0.4, 0.5) is 11.4 Å². The number of benzene rings is 3. The van der Waals surface area contributed by atoms with Crippen molar-refractivity contribution in [3.8, 4) is 17.6 Å². The van der Waals surface area contributed by atoms with Gasteiger partial charge in [0.25, 0.3) is 11.6 Å². The maximum Gasteiger partial charge on any atom is 0.271 e. The molecule has 178 valence electrons. The maximum absolute atomic E-state index is 12.7. The molecule has 0 aromatic heterocycles. The highest BCUT2D eigenvalue weighted by atomic mass is 79.9. The number of carbonyl (C=O) groups is 1. The number of nitro groups is 1. The number of nitrogens with zero attached hydrogens (tertiary/aromatic N) is 2. The number of nitro benzene ring substituents is 1. The fraction of sp³-hybridized carbons (Fsp3) is 0.154. The predicted molar refractivity (Wildman–Crippen MR) is 136 cm³/mol. The van der Waals surface area contributed by atoms with Crippen molar-refractivity contribution in [2.75, 3.05) is 12.4 Å². The number of nitriles is 1. The van der Waals surface area contributed by atoms with Crippen molar-refractivity contribution in [2.24, 2.45) is 0 Å². The third-order valence-corrected chi connectivity index (χ3v) is 5.70. The summed E-state index contributed by atoms with van der Waals surface area (Å²) in [4.78, 5) is 23.2. The van der Waals surface area contributed by atoms with Crippen molar-refractivity contribution in [3.05, 3.63) is 97.0 Å². The first-order valence-corrected chi connectivity index (χ1v) is 11.2. The SMILES string of the molecule is COc1cc(/C=C(\C#N)C(=O)Nc2cc([N+](=O)[O-])ccc2C)cc(Br)c1OCc1ccc(C)cc1. The molecule has 8 nitrogen and oxygen atoms in total. The monoisotopic (exact) mass is 535 g/mol. The Kier molecular flexibility index (Phi) is 8.23. The van der Waals surface area contributed by atoms with E-state index in [2.05, 4.69) is 21.2 Å². The van der Waals surface area contributed by atoms with Crippen LogP contribution in [-0.2, 0) is 11.4 Å². The lowest BCUT2D eigenvalue weighted by Crippen LogP contribution is -2.14. The average Bonchev–Trinajstić information content (AvgIpc) is 2.83. The third-order valence-electron chi connectivity index (χ3n) is 5.11. The minimum atomic E-state index is -0.689. The van der Waals surface area contributed by atoms with Gasteiger partial charge in [-0.05, 0) is 64.7 Å². The molecule has 35 heavy (non-hydrogen) atoms. The largest absolute Gasteiger partial charge is 0.493 e. The second-order valence-electron chi connectivity index (χ2n) is 7.69. The summed E-state index contributed by atoms with van der Waals surface area (Å²) in [5.74, 6) is 0.219. The number of hydrogen-bond acceptors (Lipinski definition) is 6. The number of halogens is 1. The third kappa shape index (κ3) is 6.46. The second kappa shape index (κ2) is 11.3. The number of amides is 1. The number of hydrogen-bond donors (Lipinski definition) is 1. The molecule has 0 aliphatic heterocycles. The molecule has 3 aromatic carbocycles. The van der Waals surface area contributed by atoms with Crippen molar-refractivity contribution < 1.29 is 19.2 Å². The van der Waals surface area contributed by atoms with Crippen LogP contribution in [0.5, 0.6) is 11.5 Å². The van der Waals surface area contributed by atoms with Gasteiger partial charge >= 0.3 is 0 Å². The molecule has 3 aromatic rings. The minimum Gasteiger partial charge on any atom is -0.493 e. The van der Waals surface area contributed by atoms with Gasteiger partial charge in [-0.25, -0.2) is 0 Å². The summed E-state index contributed by atoms with van der Waals surface area (Å²) < 4.78 is 12.0. The van der Waals surface area contributed by atoms with Gasteiger partial charge in [-0.3, -0.25) is 14.9 Å². The van der Waals surface area contributed by atoms with Gasteiger partial charge in [0.2, 0.25) is 0 Å². The van der Waals surface area contributed by atoms with E-state index in [0.29, 0.717) is 33.7 Å². The first-order chi connectivity index (χ1) is 16.7.